The highest BCUT2D eigenvalue weighted by molar-refractivity contribution is 5.81. The molecule has 9 heteroatoms. The van der Waals surface area contributed by atoms with Gasteiger partial charge in [0.05, 0.1) is 34.3 Å². The molecule has 154 valence electrons. The topological polar surface area (TPSA) is 81.8 Å². The molecule has 1 amide bonds. The Kier molecular flexibility index (Phi) is 5.03. The zero-order valence-corrected chi connectivity index (χ0v) is 16.3. The number of carbonyl (C=O) groups is 1. The van der Waals surface area contributed by atoms with Crippen molar-refractivity contribution >= 4 is 27.8 Å². The molecule has 0 bridgehead atoms. The molecule has 0 aliphatic rings. The molecular formula is C21H19F2N5O2. The van der Waals surface area contributed by atoms with Crippen molar-refractivity contribution in [2.45, 2.75) is 33.0 Å². The molecular weight excluding hydrogens is 392 g/mol. The zero-order chi connectivity index (χ0) is 21.4. The summed E-state index contributed by atoms with van der Waals surface area (Å²) in [5.74, 6) is -0.467. The zero-order valence-electron chi connectivity index (χ0n) is 16.3. The number of alkyl halides is 2. The van der Waals surface area contributed by atoms with E-state index < -0.39 is 18.5 Å². The number of aromatic nitrogens is 4. The molecule has 0 saturated carbocycles. The number of benzene rings is 2. The largest absolute Gasteiger partial charge is 0.345 e. The summed E-state index contributed by atoms with van der Waals surface area (Å²) in [5, 5.41) is 3.06. The summed E-state index contributed by atoms with van der Waals surface area (Å²) in [4.78, 5) is 33.7. The van der Waals surface area contributed by atoms with Crippen LogP contribution in [0, 0.1) is 6.92 Å². The minimum atomic E-state index is -2.80. The van der Waals surface area contributed by atoms with Crippen LogP contribution in [0.25, 0.3) is 21.9 Å². The quantitative estimate of drug-likeness (QED) is 0.546. The Bertz CT molecular complexity index is 1310. The Morgan fingerprint density at radius 2 is 1.93 bits per heavy atom. The molecule has 0 spiro atoms. The molecule has 1 N–H and O–H groups in total. The van der Waals surface area contributed by atoms with Crippen LogP contribution in [0.3, 0.4) is 0 Å². The second kappa shape index (κ2) is 7.66. The lowest BCUT2D eigenvalue weighted by Gasteiger charge is -2.16. The number of aryl methyl sites for hydroxylation is 1. The molecule has 4 rings (SSSR count). The van der Waals surface area contributed by atoms with Crippen molar-refractivity contribution in [1.29, 1.82) is 0 Å². The number of nitrogens with one attached hydrogen (secondary N) is 1. The second-order valence-corrected chi connectivity index (χ2v) is 7.04. The van der Waals surface area contributed by atoms with Crippen LogP contribution >= 0.6 is 0 Å². The highest BCUT2D eigenvalue weighted by Crippen LogP contribution is 2.26. The van der Waals surface area contributed by atoms with E-state index in [9.17, 15) is 18.4 Å². The second-order valence-electron chi connectivity index (χ2n) is 7.04. The summed E-state index contributed by atoms with van der Waals surface area (Å²) in [7, 11) is 0. The van der Waals surface area contributed by atoms with E-state index in [2.05, 4.69) is 15.3 Å². The maximum absolute atomic E-state index is 13.6. The molecule has 0 fully saturated rings. The monoisotopic (exact) mass is 411 g/mol. The van der Waals surface area contributed by atoms with E-state index in [1.807, 2.05) is 13.0 Å². The predicted molar refractivity (Wildman–Crippen MR) is 108 cm³/mol. The van der Waals surface area contributed by atoms with Crippen molar-refractivity contribution in [3.8, 4) is 0 Å². The summed E-state index contributed by atoms with van der Waals surface area (Å²) in [6.45, 7) is 0.336. The fourth-order valence-electron chi connectivity index (χ4n) is 3.53. The van der Waals surface area contributed by atoms with Gasteiger partial charge in [0, 0.05) is 0 Å². The van der Waals surface area contributed by atoms with Gasteiger partial charge in [-0.1, -0.05) is 24.3 Å². The van der Waals surface area contributed by atoms with E-state index in [-0.39, 0.29) is 23.4 Å². The van der Waals surface area contributed by atoms with Gasteiger partial charge >= 0.3 is 6.55 Å². The molecule has 0 radical (unpaired) electrons. The summed E-state index contributed by atoms with van der Waals surface area (Å²) < 4.78 is 29.2. The number of carbonyl (C=O) groups excluding carboxylic acids is 1. The van der Waals surface area contributed by atoms with Crippen LogP contribution in [0.15, 0.2) is 53.6 Å². The Morgan fingerprint density at radius 3 is 2.70 bits per heavy atom. The van der Waals surface area contributed by atoms with Gasteiger partial charge < -0.3 is 5.32 Å². The maximum atomic E-state index is 13.6. The Hall–Kier alpha value is -3.62. The smallest absolute Gasteiger partial charge is 0.320 e. The van der Waals surface area contributed by atoms with Gasteiger partial charge in [0.1, 0.15) is 12.4 Å². The van der Waals surface area contributed by atoms with Crippen LogP contribution in [0.2, 0.25) is 0 Å². The van der Waals surface area contributed by atoms with E-state index in [0.717, 1.165) is 10.1 Å². The summed E-state index contributed by atoms with van der Waals surface area (Å²) >= 11 is 0. The first kappa shape index (κ1) is 19.7. The van der Waals surface area contributed by atoms with Crippen molar-refractivity contribution in [1.82, 2.24) is 24.4 Å². The first-order valence-electron chi connectivity index (χ1n) is 9.36. The number of rotatable bonds is 5. The normalized spacial score (nSPS) is 12.6. The number of imidazole rings is 1. The number of hydrogen-bond acceptors (Lipinski definition) is 4. The molecule has 7 nitrogen and oxygen atoms in total. The summed E-state index contributed by atoms with van der Waals surface area (Å²) in [6.07, 6.45) is 1.32. The number of para-hydroxylation sites is 3. The fourth-order valence-corrected chi connectivity index (χ4v) is 3.53. The van der Waals surface area contributed by atoms with E-state index in [1.165, 1.54) is 10.9 Å². The van der Waals surface area contributed by atoms with Crippen molar-refractivity contribution in [3.05, 3.63) is 70.5 Å². The lowest BCUT2D eigenvalue weighted by molar-refractivity contribution is -0.122. The molecule has 2 aromatic heterocycles. The third-order valence-corrected chi connectivity index (χ3v) is 4.95. The molecule has 30 heavy (non-hydrogen) atoms. The number of nitrogens with zero attached hydrogens (tertiary/aromatic N) is 4. The molecule has 1 unspecified atom stereocenters. The van der Waals surface area contributed by atoms with E-state index in [0.29, 0.717) is 16.4 Å². The average Bonchev–Trinajstić information content (AvgIpc) is 3.10. The molecule has 1 atom stereocenters. The van der Waals surface area contributed by atoms with E-state index >= 15 is 0 Å². The SMILES string of the molecule is Cc1cccc2c(=O)n(CC(=O)NC(C)c3nc4ccccc4n3C(F)F)cnc12. The number of amides is 1. The minimum absolute atomic E-state index is 0.0409. The van der Waals surface area contributed by atoms with Gasteiger partial charge in [-0.2, -0.15) is 8.78 Å². The number of hydrogen-bond donors (Lipinski definition) is 1. The van der Waals surface area contributed by atoms with Crippen LogP contribution in [-0.4, -0.2) is 25.0 Å². The molecule has 0 saturated heterocycles. The van der Waals surface area contributed by atoms with E-state index in [1.54, 1.807) is 43.3 Å². The van der Waals surface area contributed by atoms with Gasteiger partial charge in [-0.05, 0) is 37.6 Å². The fraction of sp³-hybridized carbons (Fsp3) is 0.238. The van der Waals surface area contributed by atoms with Gasteiger partial charge in [0.25, 0.3) is 5.56 Å². The van der Waals surface area contributed by atoms with Crippen molar-refractivity contribution in [3.63, 3.8) is 0 Å². The molecule has 2 aromatic carbocycles. The third kappa shape index (κ3) is 3.42. The van der Waals surface area contributed by atoms with Gasteiger partial charge in [0.15, 0.2) is 0 Å². The lowest BCUT2D eigenvalue weighted by atomic mass is 10.1. The maximum Gasteiger partial charge on any atom is 0.320 e. The molecule has 0 aliphatic heterocycles. The van der Waals surface area contributed by atoms with Crippen molar-refractivity contribution in [2.75, 3.05) is 0 Å². The molecule has 4 aromatic rings. The standard InChI is InChI=1S/C21H19F2N5O2/c1-12-6-5-7-14-18(12)24-11-27(20(14)30)10-17(29)25-13(2)19-26-15-8-3-4-9-16(15)28(19)21(22)23/h3-9,11,13,21H,10H2,1-2H3,(H,25,29). The van der Waals surface area contributed by atoms with Gasteiger partial charge in [0.2, 0.25) is 5.91 Å². The third-order valence-electron chi connectivity index (χ3n) is 4.95. The molecule has 0 aliphatic carbocycles. The Labute approximate surface area is 170 Å². The predicted octanol–water partition coefficient (Wildman–Crippen LogP) is 3.33. The van der Waals surface area contributed by atoms with Crippen LogP contribution in [-0.2, 0) is 11.3 Å². The van der Waals surface area contributed by atoms with Crippen molar-refractivity contribution in [2.24, 2.45) is 0 Å². The average molecular weight is 411 g/mol. The first-order valence-corrected chi connectivity index (χ1v) is 9.36. The van der Waals surface area contributed by atoms with Gasteiger partial charge in [-0.3, -0.25) is 18.7 Å². The highest BCUT2D eigenvalue weighted by Gasteiger charge is 2.23. The summed E-state index contributed by atoms with van der Waals surface area (Å²) in [5.41, 5.74) is 1.80. The Morgan fingerprint density at radius 1 is 1.17 bits per heavy atom. The minimum Gasteiger partial charge on any atom is -0.345 e. The molecule has 2 heterocycles. The summed E-state index contributed by atoms with van der Waals surface area (Å²) in [6, 6.07) is 11.0. The lowest BCUT2D eigenvalue weighted by Crippen LogP contribution is -2.35. The van der Waals surface area contributed by atoms with Gasteiger partial charge in [-0.25, -0.2) is 9.97 Å². The van der Waals surface area contributed by atoms with Crippen LogP contribution < -0.4 is 10.9 Å². The van der Waals surface area contributed by atoms with Gasteiger partial charge in [-0.15, -0.1) is 0 Å². The van der Waals surface area contributed by atoms with Crippen LogP contribution in [0.5, 0.6) is 0 Å². The van der Waals surface area contributed by atoms with Crippen LogP contribution in [0.1, 0.15) is 30.9 Å². The number of fused-ring (bicyclic) bond motifs is 2. The number of halogens is 2. The van der Waals surface area contributed by atoms with Crippen molar-refractivity contribution < 1.29 is 13.6 Å². The Balaban J connectivity index is 1.59. The first-order chi connectivity index (χ1) is 14.4. The highest BCUT2D eigenvalue weighted by atomic mass is 19.3. The van der Waals surface area contributed by atoms with Crippen LogP contribution in [0.4, 0.5) is 8.78 Å². The van der Waals surface area contributed by atoms with E-state index in [4.69, 9.17) is 0 Å².